The lowest BCUT2D eigenvalue weighted by Crippen LogP contribution is -1.77. The molecule has 0 fully saturated rings. The number of benzene rings is 1. The van der Waals surface area contributed by atoms with Gasteiger partial charge < -0.3 is 0 Å². The van der Waals surface area contributed by atoms with Gasteiger partial charge in [-0.2, -0.15) is 0 Å². The molecular formula is C13H12ClNS. The number of thiophene rings is 1. The third-order valence-electron chi connectivity index (χ3n) is 2.28. The summed E-state index contributed by atoms with van der Waals surface area (Å²) in [6, 6.07) is 12.1. The van der Waals surface area contributed by atoms with E-state index in [1.54, 1.807) is 0 Å². The van der Waals surface area contributed by atoms with Crippen LogP contribution >= 0.6 is 22.9 Å². The maximum Gasteiger partial charge on any atom is 0.0935 e. The highest BCUT2D eigenvalue weighted by Crippen LogP contribution is 2.21. The van der Waals surface area contributed by atoms with Crippen molar-refractivity contribution >= 4 is 34.8 Å². The molecule has 0 spiro atoms. The van der Waals surface area contributed by atoms with Crippen molar-refractivity contribution in [2.24, 2.45) is 4.99 Å². The molecule has 1 aromatic heterocycles. The van der Waals surface area contributed by atoms with Gasteiger partial charge >= 0.3 is 0 Å². The van der Waals surface area contributed by atoms with Crippen LogP contribution in [0.1, 0.15) is 17.4 Å². The van der Waals surface area contributed by atoms with E-state index in [2.05, 4.69) is 24.0 Å². The predicted octanol–water partition coefficient (Wildman–Crippen LogP) is 4.71. The quantitative estimate of drug-likeness (QED) is 0.699. The van der Waals surface area contributed by atoms with Crippen molar-refractivity contribution in [3.8, 4) is 0 Å². The second-order valence-electron chi connectivity index (χ2n) is 3.42. The summed E-state index contributed by atoms with van der Waals surface area (Å²) in [4.78, 5) is 5.47. The lowest BCUT2D eigenvalue weighted by atomic mass is 10.1. The number of nitrogens with zero attached hydrogens (tertiary/aromatic N) is 1. The van der Waals surface area contributed by atoms with Gasteiger partial charge in [0.25, 0.3) is 0 Å². The van der Waals surface area contributed by atoms with E-state index in [1.165, 1.54) is 16.9 Å². The smallest absolute Gasteiger partial charge is 0.0935 e. The molecule has 82 valence electrons. The summed E-state index contributed by atoms with van der Waals surface area (Å²) in [6.07, 6.45) is 2.90. The van der Waals surface area contributed by atoms with Crippen molar-refractivity contribution in [2.45, 2.75) is 13.3 Å². The molecule has 0 aliphatic carbocycles. The van der Waals surface area contributed by atoms with Crippen LogP contribution in [0.4, 0.5) is 5.69 Å². The summed E-state index contributed by atoms with van der Waals surface area (Å²) in [6.45, 7) is 2.14. The Morgan fingerprint density at radius 1 is 1.19 bits per heavy atom. The van der Waals surface area contributed by atoms with Gasteiger partial charge in [-0.15, -0.1) is 11.3 Å². The van der Waals surface area contributed by atoms with E-state index in [4.69, 9.17) is 11.6 Å². The largest absolute Gasteiger partial charge is 0.255 e. The Balaban J connectivity index is 2.11. The van der Waals surface area contributed by atoms with E-state index < -0.39 is 0 Å². The fraction of sp³-hybridized carbons (Fsp3) is 0.154. The monoisotopic (exact) mass is 249 g/mol. The fourth-order valence-electron chi connectivity index (χ4n) is 1.35. The topological polar surface area (TPSA) is 12.4 Å². The minimum Gasteiger partial charge on any atom is -0.255 e. The number of halogens is 1. The van der Waals surface area contributed by atoms with Gasteiger partial charge in [-0.3, -0.25) is 4.99 Å². The Hall–Kier alpha value is -1.12. The van der Waals surface area contributed by atoms with Gasteiger partial charge in [0.2, 0.25) is 0 Å². The molecule has 0 aliphatic heterocycles. The highest BCUT2D eigenvalue weighted by Gasteiger charge is 1.94. The zero-order valence-electron chi connectivity index (χ0n) is 8.98. The zero-order valence-corrected chi connectivity index (χ0v) is 10.6. The summed E-state index contributed by atoms with van der Waals surface area (Å²) in [5.74, 6) is 0. The molecule has 2 aromatic rings. The first-order chi connectivity index (χ1) is 7.78. The van der Waals surface area contributed by atoms with Crippen LogP contribution in [-0.4, -0.2) is 6.21 Å². The highest BCUT2D eigenvalue weighted by molar-refractivity contribution is 7.17. The summed E-state index contributed by atoms with van der Waals surface area (Å²) < 4.78 is 0.794. The second kappa shape index (κ2) is 5.28. The summed E-state index contributed by atoms with van der Waals surface area (Å²) in [5, 5.41) is 0. The van der Waals surface area contributed by atoms with Crippen LogP contribution in [0.25, 0.3) is 0 Å². The maximum atomic E-state index is 5.84. The van der Waals surface area contributed by atoms with Gasteiger partial charge in [-0.25, -0.2) is 0 Å². The van der Waals surface area contributed by atoms with E-state index in [0.717, 1.165) is 21.3 Å². The molecule has 0 unspecified atom stereocenters. The Morgan fingerprint density at radius 2 is 1.94 bits per heavy atom. The first kappa shape index (κ1) is 11.4. The minimum absolute atomic E-state index is 0.794. The van der Waals surface area contributed by atoms with Gasteiger partial charge in [-0.05, 0) is 36.2 Å². The summed E-state index contributed by atoms with van der Waals surface area (Å²) in [7, 11) is 0. The van der Waals surface area contributed by atoms with Crippen molar-refractivity contribution in [2.75, 3.05) is 0 Å². The van der Waals surface area contributed by atoms with Crippen LogP contribution in [0.3, 0.4) is 0 Å². The standard InChI is InChI=1S/C13H12ClNS/c1-2-10-3-5-11(6-4-10)15-9-12-7-8-13(14)16-12/h3-9H,2H2,1H3. The van der Waals surface area contributed by atoms with Gasteiger partial charge in [0.05, 0.1) is 10.0 Å². The molecular weight excluding hydrogens is 238 g/mol. The zero-order chi connectivity index (χ0) is 11.4. The van der Waals surface area contributed by atoms with E-state index in [0.29, 0.717) is 0 Å². The van der Waals surface area contributed by atoms with Crippen LogP contribution in [0.15, 0.2) is 41.4 Å². The van der Waals surface area contributed by atoms with Gasteiger partial charge in [0, 0.05) is 11.1 Å². The molecule has 1 nitrogen and oxygen atoms in total. The van der Waals surface area contributed by atoms with Gasteiger partial charge in [0.1, 0.15) is 0 Å². The average molecular weight is 250 g/mol. The summed E-state index contributed by atoms with van der Waals surface area (Å²) in [5.41, 5.74) is 2.31. The highest BCUT2D eigenvalue weighted by atomic mass is 35.5. The molecule has 0 saturated heterocycles. The van der Waals surface area contributed by atoms with Crippen LogP contribution in [0.5, 0.6) is 0 Å². The molecule has 0 aliphatic rings. The first-order valence-corrected chi connectivity index (χ1v) is 6.35. The van der Waals surface area contributed by atoms with E-state index in [1.807, 2.05) is 30.5 Å². The minimum atomic E-state index is 0.794. The first-order valence-electron chi connectivity index (χ1n) is 5.16. The molecule has 1 aromatic carbocycles. The van der Waals surface area contributed by atoms with Crippen LogP contribution in [0, 0.1) is 0 Å². The molecule has 0 atom stereocenters. The Kier molecular flexibility index (Phi) is 3.75. The molecule has 0 N–H and O–H groups in total. The lowest BCUT2D eigenvalue weighted by molar-refractivity contribution is 1.14. The number of aliphatic imine (C=N–C) groups is 1. The van der Waals surface area contributed by atoms with E-state index in [-0.39, 0.29) is 0 Å². The number of aryl methyl sites for hydroxylation is 1. The van der Waals surface area contributed by atoms with Crippen molar-refractivity contribution in [3.63, 3.8) is 0 Å². The summed E-state index contributed by atoms with van der Waals surface area (Å²) >= 11 is 7.37. The molecule has 2 rings (SSSR count). The van der Waals surface area contributed by atoms with E-state index >= 15 is 0 Å². The molecule has 3 heteroatoms. The van der Waals surface area contributed by atoms with Gasteiger partial charge in [0.15, 0.2) is 0 Å². The van der Waals surface area contributed by atoms with Gasteiger partial charge in [-0.1, -0.05) is 30.7 Å². The van der Waals surface area contributed by atoms with Crippen molar-refractivity contribution in [1.29, 1.82) is 0 Å². The van der Waals surface area contributed by atoms with E-state index in [9.17, 15) is 0 Å². The van der Waals surface area contributed by atoms with Crippen molar-refractivity contribution < 1.29 is 0 Å². The number of hydrogen-bond acceptors (Lipinski definition) is 2. The van der Waals surface area contributed by atoms with Crippen LogP contribution in [0.2, 0.25) is 4.34 Å². The molecule has 0 saturated carbocycles. The van der Waals surface area contributed by atoms with Crippen molar-refractivity contribution in [1.82, 2.24) is 0 Å². The Labute approximate surface area is 104 Å². The molecule has 0 bridgehead atoms. The number of rotatable bonds is 3. The molecule has 0 amide bonds. The average Bonchev–Trinajstić information content (AvgIpc) is 2.73. The SMILES string of the molecule is CCc1ccc(N=Cc2ccc(Cl)s2)cc1. The third kappa shape index (κ3) is 2.94. The van der Waals surface area contributed by atoms with Crippen LogP contribution in [-0.2, 0) is 6.42 Å². The maximum absolute atomic E-state index is 5.84. The molecule has 1 heterocycles. The Bertz CT molecular complexity index is 485. The fourth-order valence-corrected chi connectivity index (χ4v) is 2.29. The number of hydrogen-bond donors (Lipinski definition) is 0. The normalized spacial score (nSPS) is 11.1. The third-order valence-corrected chi connectivity index (χ3v) is 3.45. The predicted molar refractivity (Wildman–Crippen MR) is 72.4 cm³/mol. The van der Waals surface area contributed by atoms with Crippen molar-refractivity contribution in [3.05, 3.63) is 51.2 Å². The lowest BCUT2D eigenvalue weighted by Gasteiger charge is -1.96. The molecule has 16 heavy (non-hydrogen) atoms. The second-order valence-corrected chi connectivity index (χ2v) is 5.17. The van der Waals surface area contributed by atoms with Crippen LogP contribution < -0.4 is 0 Å². The molecule has 0 radical (unpaired) electrons. The Morgan fingerprint density at radius 3 is 2.50 bits per heavy atom.